The summed E-state index contributed by atoms with van der Waals surface area (Å²) in [4.78, 5) is 38.1. The van der Waals surface area contributed by atoms with E-state index in [1.165, 1.54) is 12.1 Å². The Morgan fingerprint density at radius 1 is 0.967 bits per heavy atom. The van der Waals surface area contributed by atoms with Crippen LogP contribution in [0.25, 0.3) is 0 Å². The van der Waals surface area contributed by atoms with Gasteiger partial charge in [0.15, 0.2) is 0 Å². The second-order valence-corrected chi connectivity index (χ2v) is 7.27. The number of alkyl halides is 3. The minimum absolute atomic E-state index is 0.136. The number of nitrogens with zero attached hydrogens (tertiary/aromatic N) is 3. The molecule has 0 aliphatic carbocycles. The Hall–Kier alpha value is -3.60. The Balaban J connectivity index is 1.43. The molecular formula is C19H11F3N4O3S. The lowest BCUT2D eigenvalue weighted by atomic mass is 10.1. The summed E-state index contributed by atoms with van der Waals surface area (Å²) in [6, 6.07) is 12.7. The number of nitrogens with one attached hydrogen (secondary N) is 1. The maximum atomic E-state index is 12.5. The summed E-state index contributed by atoms with van der Waals surface area (Å²) in [5.41, 5.74) is 1.53. The van der Waals surface area contributed by atoms with E-state index < -0.39 is 28.9 Å². The van der Waals surface area contributed by atoms with Gasteiger partial charge in [-0.25, -0.2) is 4.90 Å². The SMILES string of the molecule is O=C(Cc1ccc(N2C(=O)c3ccccc3C2=O)cc1)Nc1nnc(C(F)(F)F)s1. The van der Waals surface area contributed by atoms with Gasteiger partial charge in [0.1, 0.15) is 0 Å². The lowest BCUT2D eigenvalue weighted by molar-refractivity contribution is -0.138. The fourth-order valence-electron chi connectivity index (χ4n) is 2.92. The number of amides is 3. The van der Waals surface area contributed by atoms with Crippen LogP contribution in [-0.2, 0) is 17.4 Å². The van der Waals surface area contributed by atoms with Crippen LogP contribution in [0.4, 0.5) is 24.0 Å². The molecule has 3 amide bonds. The average Bonchev–Trinajstić information content (AvgIpc) is 3.26. The molecule has 0 fully saturated rings. The van der Waals surface area contributed by atoms with Gasteiger partial charge in [0, 0.05) is 0 Å². The highest BCUT2D eigenvalue weighted by molar-refractivity contribution is 7.15. The molecule has 7 nitrogen and oxygen atoms in total. The molecule has 2 heterocycles. The van der Waals surface area contributed by atoms with Gasteiger partial charge in [0.25, 0.3) is 11.8 Å². The number of hydrogen-bond acceptors (Lipinski definition) is 6. The zero-order chi connectivity index (χ0) is 21.5. The first kappa shape index (κ1) is 19.7. The Bertz CT molecular complexity index is 1120. The van der Waals surface area contributed by atoms with Crippen LogP contribution in [0.15, 0.2) is 48.5 Å². The average molecular weight is 432 g/mol. The summed E-state index contributed by atoms with van der Waals surface area (Å²) in [5, 5.41) is 7.16. The molecule has 0 spiro atoms. The molecule has 0 atom stereocenters. The first-order valence-corrected chi connectivity index (χ1v) is 9.33. The summed E-state index contributed by atoms with van der Waals surface area (Å²) in [7, 11) is 0. The molecule has 0 radical (unpaired) electrons. The van der Waals surface area contributed by atoms with E-state index in [2.05, 4.69) is 15.5 Å². The number of halogens is 3. The Kier molecular flexibility index (Phi) is 4.82. The molecule has 0 bridgehead atoms. The minimum atomic E-state index is -4.62. The van der Waals surface area contributed by atoms with E-state index in [0.717, 1.165) is 4.90 Å². The van der Waals surface area contributed by atoms with Crippen molar-refractivity contribution in [2.24, 2.45) is 0 Å². The first-order valence-electron chi connectivity index (χ1n) is 8.51. The van der Waals surface area contributed by atoms with E-state index in [9.17, 15) is 27.6 Å². The van der Waals surface area contributed by atoms with Gasteiger partial charge in [0.05, 0.1) is 23.2 Å². The molecule has 30 heavy (non-hydrogen) atoms. The van der Waals surface area contributed by atoms with Crippen LogP contribution in [0, 0.1) is 0 Å². The molecule has 11 heteroatoms. The molecule has 1 aromatic heterocycles. The number of carbonyl (C=O) groups is 3. The molecule has 0 unspecified atom stereocenters. The quantitative estimate of drug-likeness (QED) is 0.637. The van der Waals surface area contributed by atoms with E-state index in [0.29, 0.717) is 22.4 Å². The number of imide groups is 1. The van der Waals surface area contributed by atoms with Crippen molar-refractivity contribution in [1.82, 2.24) is 10.2 Å². The van der Waals surface area contributed by atoms with Crippen LogP contribution in [0.2, 0.25) is 0 Å². The Morgan fingerprint density at radius 2 is 1.57 bits per heavy atom. The standard InChI is InChI=1S/C19H11F3N4O3S/c20-19(21,22)17-24-25-18(30-17)23-14(27)9-10-5-7-11(8-6-10)26-15(28)12-3-1-2-4-13(12)16(26)29/h1-8H,9H2,(H,23,25,27). The summed E-state index contributed by atoms with van der Waals surface area (Å²) >= 11 is 0.232. The van der Waals surface area contributed by atoms with Crippen LogP contribution >= 0.6 is 11.3 Å². The van der Waals surface area contributed by atoms with Crippen molar-refractivity contribution in [2.45, 2.75) is 12.6 Å². The van der Waals surface area contributed by atoms with Crippen molar-refractivity contribution in [1.29, 1.82) is 0 Å². The number of hydrogen-bond donors (Lipinski definition) is 1. The Labute approximate surface area is 171 Å². The minimum Gasteiger partial charge on any atom is -0.300 e. The highest BCUT2D eigenvalue weighted by atomic mass is 32.1. The zero-order valence-electron chi connectivity index (χ0n) is 14.9. The molecule has 1 N–H and O–H groups in total. The van der Waals surface area contributed by atoms with Gasteiger partial charge < -0.3 is 5.32 Å². The van der Waals surface area contributed by atoms with Gasteiger partial charge in [-0.05, 0) is 29.8 Å². The fraction of sp³-hybridized carbons (Fsp3) is 0.105. The summed E-state index contributed by atoms with van der Waals surface area (Å²) < 4.78 is 37.6. The third-order valence-electron chi connectivity index (χ3n) is 4.27. The smallest absolute Gasteiger partial charge is 0.300 e. The monoisotopic (exact) mass is 432 g/mol. The van der Waals surface area contributed by atoms with Crippen molar-refractivity contribution in [3.05, 3.63) is 70.2 Å². The van der Waals surface area contributed by atoms with Crippen LogP contribution in [0.3, 0.4) is 0 Å². The molecular weight excluding hydrogens is 421 g/mol. The van der Waals surface area contributed by atoms with E-state index in [4.69, 9.17) is 0 Å². The van der Waals surface area contributed by atoms with Gasteiger partial charge >= 0.3 is 6.18 Å². The van der Waals surface area contributed by atoms with Crippen molar-refractivity contribution in [2.75, 3.05) is 10.2 Å². The number of benzene rings is 2. The second-order valence-electron chi connectivity index (χ2n) is 6.29. The first-order chi connectivity index (χ1) is 14.2. The lowest BCUT2D eigenvalue weighted by Crippen LogP contribution is -2.29. The van der Waals surface area contributed by atoms with Gasteiger partial charge in [-0.1, -0.05) is 35.6 Å². The van der Waals surface area contributed by atoms with E-state index in [1.807, 2.05) is 0 Å². The molecule has 1 aliphatic rings. The van der Waals surface area contributed by atoms with Crippen LogP contribution in [-0.4, -0.2) is 27.9 Å². The van der Waals surface area contributed by atoms with Crippen LogP contribution < -0.4 is 10.2 Å². The summed E-state index contributed by atoms with van der Waals surface area (Å²) in [5.74, 6) is -1.44. The summed E-state index contributed by atoms with van der Waals surface area (Å²) in [6.45, 7) is 0. The number of anilines is 2. The Morgan fingerprint density at radius 3 is 2.10 bits per heavy atom. The van der Waals surface area contributed by atoms with Gasteiger partial charge in [-0.15, -0.1) is 10.2 Å². The van der Waals surface area contributed by atoms with Gasteiger partial charge in [0.2, 0.25) is 16.0 Å². The van der Waals surface area contributed by atoms with E-state index in [1.54, 1.807) is 36.4 Å². The zero-order valence-corrected chi connectivity index (χ0v) is 15.8. The summed E-state index contributed by atoms with van der Waals surface area (Å²) in [6.07, 6.45) is -4.76. The number of carbonyl (C=O) groups excluding carboxylic acids is 3. The molecule has 4 rings (SSSR count). The van der Waals surface area contributed by atoms with Crippen molar-refractivity contribution in [3.63, 3.8) is 0 Å². The molecule has 2 aromatic carbocycles. The van der Waals surface area contributed by atoms with E-state index in [-0.39, 0.29) is 22.9 Å². The maximum Gasteiger partial charge on any atom is 0.445 e. The van der Waals surface area contributed by atoms with Gasteiger partial charge in [-0.3, -0.25) is 14.4 Å². The van der Waals surface area contributed by atoms with Crippen LogP contribution in [0.1, 0.15) is 31.3 Å². The number of rotatable bonds is 4. The molecule has 1 aliphatic heterocycles. The molecule has 0 saturated heterocycles. The number of aromatic nitrogens is 2. The van der Waals surface area contributed by atoms with E-state index >= 15 is 0 Å². The van der Waals surface area contributed by atoms with Gasteiger partial charge in [-0.2, -0.15) is 13.2 Å². The predicted octanol–water partition coefficient (Wildman–Crippen LogP) is 3.54. The largest absolute Gasteiger partial charge is 0.445 e. The lowest BCUT2D eigenvalue weighted by Gasteiger charge is -2.14. The number of fused-ring (bicyclic) bond motifs is 1. The third-order valence-corrected chi connectivity index (χ3v) is 5.15. The highest BCUT2D eigenvalue weighted by Gasteiger charge is 2.37. The normalized spacial score (nSPS) is 13.5. The molecule has 3 aromatic rings. The highest BCUT2D eigenvalue weighted by Crippen LogP contribution is 2.33. The second kappa shape index (κ2) is 7.34. The van der Waals surface area contributed by atoms with Crippen LogP contribution in [0.5, 0.6) is 0 Å². The third kappa shape index (κ3) is 3.66. The van der Waals surface area contributed by atoms with Crippen molar-refractivity contribution >= 4 is 39.9 Å². The molecule has 152 valence electrons. The predicted molar refractivity (Wildman–Crippen MR) is 101 cm³/mol. The fourth-order valence-corrected chi connectivity index (χ4v) is 3.55. The topological polar surface area (TPSA) is 92.3 Å². The van der Waals surface area contributed by atoms with Crippen molar-refractivity contribution < 1.29 is 27.6 Å². The van der Waals surface area contributed by atoms with Crippen molar-refractivity contribution in [3.8, 4) is 0 Å². The molecule has 0 saturated carbocycles. The maximum absolute atomic E-state index is 12.5.